The lowest BCUT2D eigenvalue weighted by molar-refractivity contribution is -0.0368. The number of aliphatic hydroxyl groups excluding tert-OH is 1. The first-order chi connectivity index (χ1) is 14.0. The summed E-state index contributed by atoms with van der Waals surface area (Å²) in [6.07, 6.45) is 3.04. The number of urea groups is 1. The highest BCUT2D eigenvalue weighted by Gasteiger charge is 2.33. The van der Waals surface area contributed by atoms with Crippen LogP contribution in [0.25, 0.3) is 0 Å². The Labute approximate surface area is 168 Å². The summed E-state index contributed by atoms with van der Waals surface area (Å²) in [5.74, 6) is 0.163. The minimum atomic E-state index is -0.565. The summed E-state index contributed by atoms with van der Waals surface area (Å²) in [5.41, 5.74) is 5.85. The van der Waals surface area contributed by atoms with E-state index in [-0.39, 0.29) is 17.9 Å². The number of carbonyl (C=O) groups is 1. The number of rotatable bonds is 4. The molecule has 4 rings (SSSR count). The van der Waals surface area contributed by atoms with Crippen molar-refractivity contribution in [3.63, 3.8) is 0 Å². The van der Waals surface area contributed by atoms with Gasteiger partial charge in [0, 0.05) is 56.2 Å². The zero-order valence-electron chi connectivity index (χ0n) is 15.9. The Bertz CT molecular complexity index is 882. The molecule has 3 heterocycles. The highest BCUT2D eigenvalue weighted by Crippen LogP contribution is 2.27. The molecule has 154 valence electrons. The van der Waals surface area contributed by atoms with Gasteiger partial charge in [0.1, 0.15) is 11.6 Å². The third-order valence-corrected chi connectivity index (χ3v) is 5.31. The Balaban J connectivity index is 1.32. The number of nitrogens with two attached hydrogens (primary N) is 1. The van der Waals surface area contributed by atoms with Crippen molar-refractivity contribution in [2.45, 2.75) is 25.0 Å². The molecule has 2 aromatic rings. The number of amides is 2. The van der Waals surface area contributed by atoms with Crippen molar-refractivity contribution in [3.8, 4) is 11.5 Å². The van der Waals surface area contributed by atoms with Gasteiger partial charge in [0.05, 0.1) is 6.10 Å². The second-order valence-electron chi connectivity index (χ2n) is 7.42. The number of piperidine rings is 1. The molecular formula is C20H24FN5O3. The fraction of sp³-hybridized carbons (Fsp3) is 0.400. The highest BCUT2D eigenvalue weighted by atomic mass is 19.1. The van der Waals surface area contributed by atoms with Crippen LogP contribution in [0.4, 0.5) is 20.7 Å². The predicted molar refractivity (Wildman–Crippen MR) is 106 cm³/mol. The molecule has 2 aliphatic heterocycles. The number of β-amino-alcohol motifs (C(OH)–C–C–N with tert-alkyl or cyclic N) is 1. The second kappa shape index (κ2) is 8.22. The van der Waals surface area contributed by atoms with Crippen LogP contribution < -0.4 is 15.8 Å². The summed E-state index contributed by atoms with van der Waals surface area (Å²) < 4.78 is 19.5. The molecule has 0 unspecified atom stereocenters. The number of likely N-dealkylation sites (tertiary alicyclic amines) is 2. The van der Waals surface area contributed by atoms with Crippen molar-refractivity contribution in [3.05, 3.63) is 42.3 Å². The van der Waals surface area contributed by atoms with Crippen molar-refractivity contribution in [1.82, 2.24) is 14.8 Å². The second-order valence-corrected chi connectivity index (χ2v) is 7.42. The lowest BCUT2D eigenvalue weighted by Crippen LogP contribution is -2.58. The van der Waals surface area contributed by atoms with Crippen molar-refractivity contribution in [1.29, 1.82) is 0 Å². The maximum atomic E-state index is 13.9. The van der Waals surface area contributed by atoms with Gasteiger partial charge in [-0.1, -0.05) is 0 Å². The molecule has 0 saturated carbocycles. The molecule has 8 nitrogen and oxygen atoms in total. The van der Waals surface area contributed by atoms with Gasteiger partial charge in [-0.3, -0.25) is 10.2 Å². The lowest BCUT2D eigenvalue weighted by atomic mass is 9.99. The smallest absolute Gasteiger partial charge is 0.323 e. The van der Waals surface area contributed by atoms with Crippen LogP contribution in [0.5, 0.6) is 11.5 Å². The van der Waals surface area contributed by atoms with E-state index in [9.17, 15) is 14.3 Å². The predicted octanol–water partition coefficient (Wildman–Crippen LogP) is 2.27. The number of nitrogen functional groups attached to an aromatic ring is 1. The number of nitrogens with one attached hydrogen (secondary N) is 1. The van der Waals surface area contributed by atoms with Crippen LogP contribution in [0.1, 0.15) is 12.8 Å². The van der Waals surface area contributed by atoms with E-state index in [0.29, 0.717) is 36.4 Å². The van der Waals surface area contributed by atoms with Gasteiger partial charge in [-0.25, -0.2) is 14.2 Å². The van der Waals surface area contributed by atoms with Gasteiger partial charge in [0.15, 0.2) is 11.6 Å². The van der Waals surface area contributed by atoms with Gasteiger partial charge in [-0.15, -0.1) is 0 Å². The Morgan fingerprint density at radius 3 is 2.69 bits per heavy atom. The van der Waals surface area contributed by atoms with E-state index in [1.807, 2.05) is 0 Å². The van der Waals surface area contributed by atoms with Gasteiger partial charge in [-0.05, 0) is 31.0 Å². The number of benzene rings is 1. The van der Waals surface area contributed by atoms with E-state index >= 15 is 0 Å². The molecule has 2 amide bonds. The van der Waals surface area contributed by atoms with Gasteiger partial charge in [-0.2, -0.15) is 0 Å². The molecule has 0 aliphatic carbocycles. The van der Waals surface area contributed by atoms with E-state index in [1.165, 1.54) is 18.3 Å². The molecule has 4 N–H and O–H groups in total. The Morgan fingerprint density at radius 2 is 2.00 bits per heavy atom. The van der Waals surface area contributed by atoms with Crippen LogP contribution in [0.15, 0.2) is 36.5 Å². The number of aliphatic hydroxyl groups is 1. The topological polar surface area (TPSA) is 104 Å². The van der Waals surface area contributed by atoms with Crippen LogP contribution in [0.3, 0.4) is 0 Å². The molecule has 0 radical (unpaired) electrons. The number of nitrogens with zero attached hydrogens (tertiary/aromatic N) is 3. The number of ether oxygens (including phenoxy) is 1. The maximum Gasteiger partial charge on any atom is 0.323 e. The fourth-order valence-corrected chi connectivity index (χ4v) is 3.68. The fourth-order valence-electron chi connectivity index (χ4n) is 3.68. The van der Waals surface area contributed by atoms with Crippen LogP contribution in [0, 0.1) is 5.82 Å². The van der Waals surface area contributed by atoms with Gasteiger partial charge in [0.25, 0.3) is 0 Å². The maximum absolute atomic E-state index is 13.9. The molecule has 0 bridgehead atoms. The van der Waals surface area contributed by atoms with Gasteiger partial charge in [0.2, 0.25) is 0 Å². The summed E-state index contributed by atoms with van der Waals surface area (Å²) in [6, 6.07) is 7.50. The van der Waals surface area contributed by atoms with Crippen molar-refractivity contribution in [2.75, 3.05) is 37.2 Å². The molecule has 29 heavy (non-hydrogen) atoms. The third-order valence-electron chi connectivity index (χ3n) is 5.31. The van der Waals surface area contributed by atoms with Crippen LogP contribution in [-0.2, 0) is 0 Å². The Morgan fingerprint density at radius 1 is 1.24 bits per heavy atom. The average molecular weight is 401 g/mol. The molecule has 1 aromatic heterocycles. The Hall–Kier alpha value is -2.91. The minimum Gasteiger partial charge on any atom is -0.454 e. The molecular weight excluding hydrogens is 377 g/mol. The number of anilines is 2. The summed E-state index contributed by atoms with van der Waals surface area (Å²) in [5, 5.41) is 12.2. The summed E-state index contributed by atoms with van der Waals surface area (Å²) in [4.78, 5) is 20.7. The van der Waals surface area contributed by atoms with Crippen LogP contribution >= 0.6 is 0 Å². The number of aromatic nitrogens is 1. The highest BCUT2D eigenvalue weighted by molar-refractivity contribution is 5.88. The molecule has 2 aliphatic rings. The zero-order valence-corrected chi connectivity index (χ0v) is 15.9. The summed E-state index contributed by atoms with van der Waals surface area (Å²) in [6.45, 7) is 2.75. The largest absolute Gasteiger partial charge is 0.454 e. The number of carbonyl (C=O) groups excluding carboxylic acids is 1. The van der Waals surface area contributed by atoms with Gasteiger partial charge < -0.3 is 20.5 Å². The Kier molecular flexibility index (Phi) is 5.50. The van der Waals surface area contributed by atoms with E-state index in [1.54, 1.807) is 23.1 Å². The standard InChI is InChI=1S/C20H24FN5O3/c21-17-9-13(22)1-2-18(17)29-16-3-6-23-19(10-16)24-20(28)25-7-4-14(5-8-25)26-11-15(27)12-26/h1-3,6,9-10,14-15,27H,4-5,7-8,11-12,22H2,(H,23,24,28). The average Bonchev–Trinajstić information content (AvgIpc) is 2.68. The monoisotopic (exact) mass is 401 g/mol. The molecule has 2 saturated heterocycles. The van der Waals surface area contributed by atoms with Crippen LogP contribution in [-0.4, -0.2) is 64.2 Å². The van der Waals surface area contributed by atoms with E-state index in [4.69, 9.17) is 10.5 Å². The normalized spacial score (nSPS) is 18.3. The first kappa shape index (κ1) is 19.4. The quantitative estimate of drug-likeness (QED) is 0.679. The molecule has 0 spiro atoms. The van der Waals surface area contributed by atoms with Crippen molar-refractivity contribution in [2.24, 2.45) is 0 Å². The van der Waals surface area contributed by atoms with Gasteiger partial charge >= 0.3 is 6.03 Å². The number of halogens is 1. The molecule has 1 aromatic carbocycles. The number of pyridine rings is 1. The SMILES string of the molecule is Nc1ccc(Oc2ccnc(NC(=O)N3CCC(N4CC(O)C4)CC3)c2)c(F)c1. The molecule has 9 heteroatoms. The summed E-state index contributed by atoms with van der Waals surface area (Å²) >= 11 is 0. The van der Waals surface area contributed by atoms with Crippen molar-refractivity contribution >= 4 is 17.5 Å². The van der Waals surface area contributed by atoms with E-state index in [0.717, 1.165) is 25.9 Å². The number of hydrogen-bond acceptors (Lipinski definition) is 6. The van der Waals surface area contributed by atoms with E-state index in [2.05, 4.69) is 15.2 Å². The number of hydrogen-bond donors (Lipinski definition) is 3. The van der Waals surface area contributed by atoms with Crippen molar-refractivity contribution < 1.29 is 19.0 Å². The first-order valence-corrected chi connectivity index (χ1v) is 9.65. The first-order valence-electron chi connectivity index (χ1n) is 9.65. The molecule has 0 atom stereocenters. The van der Waals surface area contributed by atoms with E-state index < -0.39 is 5.82 Å². The molecule has 2 fully saturated rings. The lowest BCUT2D eigenvalue weighted by Gasteiger charge is -2.45. The summed E-state index contributed by atoms with van der Waals surface area (Å²) in [7, 11) is 0. The van der Waals surface area contributed by atoms with Crippen LogP contribution in [0.2, 0.25) is 0 Å². The minimum absolute atomic E-state index is 0.0425. The third kappa shape index (κ3) is 4.57. The zero-order chi connectivity index (χ0) is 20.4.